The molecule has 1 aromatic rings. The van der Waals surface area contributed by atoms with E-state index in [0.717, 1.165) is 0 Å². The number of phenolic OH excluding ortho intramolecular Hbond substituents is 1. The molecular formula is C8H12N4O2. The van der Waals surface area contributed by atoms with Crippen LogP contribution in [0.1, 0.15) is 5.56 Å². The first-order valence-electron chi connectivity index (χ1n) is 3.84. The van der Waals surface area contributed by atoms with E-state index >= 15 is 0 Å². The molecule has 6 nitrogen and oxygen atoms in total. The number of ether oxygens (including phenoxy) is 1. The van der Waals surface area contributed by atoms with Gasteiger partial charge in [0.05, 0.1) is 7.11 Å². The normalized spacial score (nSPS) is 11.1. The molecule has 0 spiro atoms. The Balaban J connectivity index is 3.12. The molecule has 0 aliphatic carbocycles. The molecule has 0 aromatic heterocycles. The van der Waals surface area contributed by atoms with Crippen LogP contribution in [0.25, 0.3) is 0 Å². The molecule has 6 N–H and O–H groups in total. The number of phenols is 1. The van der Waals surface area contributed by atoms with Crippen LogP contribution in [-0.4, -0.2) is 18.1 Å². The second-order valence-electron chi connectivity index (χ2n) is 2.51. The molecule has 0 aliphatic heterocycles. The van der Waals surface area contributed by atoms with Crippen LogP contribution in [0.5, 0.6) is 11.5 Å². The van der Waals surface area contributed by atoms with Crippen molar-refractivity contribution in [1.82, 2.24) is 5.43 Å². The Morgan fingerprint density at radius 3 is 2.79 bits per heavy atom. The Morgan fingerprint density at radius 1 is 1.57 bits per heavy atom. The number of hydrazine groups is 1. The summed E-state index contributed by atoms with van der Waals surface area (Å²) in [5.41, 5.74) is 2.96. The third-order valence-electron chi connectivity index (χ3n) is 1.72. The summed E-state index contributed by atoms with van der Waals surface area (Å²) in [6.07, 6.45) is 0. The zero-order chi connectivity index (χ0) is 10.6. The molecule has 0 saturated heterocycles. The number of hydrazone groups is 1. The molecular weight excluding hydrogens is 184 g/mol. The number of aromatic hydroxyl groups is 1. The van der Waals surface area contributed by atoms with E-state index in [9.17, 15) is 5.11 Å². The molecule has 1 aromatic carbocycles. The first-order chi connectivity index (χ1) is 6.72. The number of methoxy groups -OCH3 is 1. The van der Waals surface area contributed by atoms with Crippen molar-refractivity contribution in [3.8, 4) is 11.5 Å². The third kappa shape index (κ3) is 1.86. The lowest BCUT2D eigenvalue weighted by molar-refractivity contribution is 0.373. The summed E-state index contributed by atoms with van der Waals surface area (Å²) in [6.45, 7) is 0. The predicted octanol–water partition coefficient (Wildman–Crippen LogP) is -0.516. The lowest BCUT2D eigenvalue weighted by atomic mass is 10.2. The minimum atomic E-state index is 0.0460. The van der Waals surface area contributed by atoms with E-state index in [2.05, 4.69) is 10.5 Å². The summed E-state index contributed by atoms with van der Waals surface area (Å²) in [5.74, 6) is 11.0. The van der Waals surface area contributed by atoms with E-state index in [0.29, 0.717) is 17.1 Å². The van der Waals surface area contributed by atoms with Crippen molar-refractivity contribution in [3.63, 3.8) is 0 Å². The maximum atomic E-state index is 9.31. The molecule has 6 heteroatoms. The summed E-state index contributed by atoms with van der Waals surface area (Å²) in [5, 5.41) is 12.7. The van der Waals surface area contributed by atoms with Gasteiger partial charge in [-0.2, -0.15) is 5.10 Å². The highest BCUT2D eigenvalue weighted by Crippen LogP contribution is 2.26. The van der Waals surface area contributed by atoms with Crippen molar-refractivity contribution in [2.24, 2.45) is 16.8 Å². The molecule has 0 atom stereocenters. The first-order valence-corrected chi connectivity index (χ1v) is 3.84. The molecule has 76 valence electrons. The summed E-state index contributed by atoms with van der Waals surface area (Å²) in [4.78, 5) is 0. The van der Waals surface area contributed by atoms with Crippen LogP contribution in [0.2, 0.25) is 0 Å². The van der Waals surface area contributed by atoms with Crippen molar-refractivity contribution >= 4 is 5.84 Å². The first kappa shape index (κ1) is 10.1. The molecule has 0 aliphatic rings. The quantitative estimate of drug-likeness (QED) is 0.220. The van der Waals surface area contributed by atoms with Gasteiger partial charge < -0.3 is 21.1 Å². The number of nitrogens with two attached hydrogens (primary N) is 2. The summed E-state index contributed by atoms with van der Waals surface area (Å²) < 4.78 is 4.91. The van der Waals surface area contributed by atoms with Gasteiger partial charge in [-0.3, -0.25) is 0 Å². The molecule has 14 heavy (non-hydrogen) atoms. The van der Waals surface area contributed by atoms with Gasteiger partial charge >= 0.3 is 0 Å². The minimum absolute atomic E-state index is 0.0460. The van der Waals surface area contributed by atoms with Gasteiger partial charge in [0.1, 0.15) is 0 Å². The molecule has 1 rings (SSSR count). The van der Waals surface area contributed by atoms with Crippen LogP contribution in [0.15, 0.2) is 23.3 Å². The van der Waals surface area contributed by atoms with Gasteiger partial charge in [-0.05, 0) is 18.2 Å². The molecule has 0 radical (unpaired) electrons. The SMILES string of the molecule is COc1cc(/C(=N/N)NN)ccc1O. The molecule has 0 unspecified atom stereocenters. The second-order valence-corrected chi connectivity index (χ2v) is 2.51. The van der Waals surface area contributed by atoms with Crippen molar-refractivity contribution in [2.75, 3.05) is 7.11 Å². The zero-order valence-electron chi connectivity index (χ0n) is 7.69. The Hall–Kier alpha value is -1.95. The van der Waals surface area contributed by atoms with E-state index in [1.165, 1.54) is 13.2 Å². The van der Waals surface area contributed by atoms with Crippen LogP contribution < -0.4 is 21.8 Å². The Bertz CT molecular complexity index is 351. The largest absolute Gasteiger partial charge is 0.504 e. The van der Waals surface area contributed by atoms with Crippen LogP contribution in [0.4, 0.5) is 0 Å². The van der Waals surface area contributed by atoms with Gasteiger partial charge in [0.2, 0.25) is 0 Å². The van der Waals surface area contributed by atoms with Crippen molar-refractivity contribution < 1.29 is 9.84 Å². The lowest BCUT2D eigenvalue weighted by Gasteiger charge is -2.07. The van der Waals surface area contributed by atoms with E-state index in [-0.39, 0.29) is 5.75 Å². The standard InChI is InChI=1S/C8H12N4O2/c1-14-7-4-5(2-3-6(7)13)8(11-9)12-10/h2-4,13H,9-10H2,1H3,(H,11,12). The minimum Gasteiger partial charge on any atom is -0.504 e. The monoisotopic (exact) mass is 196 g/mol. The highest BCUT2D eigenvalue weighted by molar-refractivity contribution is 5.98. The molecule has 0 heterocycles. The van der Waals surface area contributed by atoms with Crippen LogP contribution >= 0.6 is 0 Å². The average Bonchev–Trinajstić information content (AvgIpc) is 2.22. The van der Waals surface area contributed by atoms with Crippen LogP contribution in [0.3, 0.4) is 0 Å². The zero-order valence-corrected chi connectivity index (χ0v) is 7.69. The number of hydrogen-bond donors (Lipinski definition) is 4. The van der Waals surface area contributed by atoms with E-state index in [1.54, 1.807) is 12.1 Å². The van der Waals surface area contributed by atoms with Gasteiger partial charge in [-0.25, -0.2) is 5.84 Å². The Labute approximate surface area is 81.1 Å². The highest BCUT2D eigenvalue weighted by Gasteiger charge is 2.06. The van der Waals surface area contributed by atoms with E-state index in [1.807, 2.05) is 0 Å². The van der Waals surface area contributed by atoms with Gasteiger partial charge in [0.15, 0.2) is 17.3 Å². The summed E-state index contributed by atoms with van der Waals surface area (Å²) in [6, 6.07) is 4.65. The maximum absolute atomic E-state index is 9.31. The van der Waals surface area contributed by atoms with Gasteiger partial charge in [0.25, 0.3) is 0 Å². The van der Waals surface area contributed by atoms with Gasteiger partial charge in [0, 0.05) is 5.56 Å². The second kappa shape index (κ2) is 4.33. The number of hydrogen-bond acceptors (Lipinski definition) is 5. The average molecular weight is 196 g/mol. The predicted molar refractivity (Wildman–Crippen MR) is 52.7 cm³/mol. The lowest BCUT2D eigenvalue weighted by Crippen LogP contribution is -2.32. The van der Waals surface area contributed by atoms with E-state index < -0.39 is 0 Å². The topological polar surface area (TPSA) is 106 Å². The smallest absolute Gasteiger partial charge is 0.166 e. The van der Waals surface area contributed by atoms with Gasteiger partial charge in [-0.15, -0.1) is 0 Å². The summed E-state index contributed by atoms with van der Waals surface area (Å²) in [7, 11) is 1.45. The maximum Gasteiger partial charge on any atom is 0.166 e. The number of rotatable bonds is 2. The highest BCUT2D eigenvalue weighted by atomic mass is 16.5. The summed E-state index contributed by atoms with van der Waals surface area (Å²) >= 11 is 0. The Morgan fingerprint density at radius 2 is 2.29 bits per heavy atom. The number of amidine groups is 1. The van der Waals surface area contributed by atoms with Crippen LogP contribution in [0, 0.1) is 0 Å². The molecule has 0 fully saturated rings. The fraction of sp³-hybridized carbons (Fsp3) is 0.125. The van der Waals surface area contributed by atoms with Crippen molar-refractivity contribution in [1.29, 1.82) is 0 Å². The van der Waals surface area contributed by atoms with Gasteiger partial charge in [-0.1, -0.05) is 0 Å². The Kier molecular flexibility index (Phi) is 3.14. The number of nitrogens with zero attached hydrogens (tertiary/aromatic N) is 1. The molecule has 0 saturated carbocycles. The van der Waals surface area contributed by atoms with Crippen LogP contribution in [-0.2, 0) is 0 Å². The van der Waals surface area contributed by atoms with Crippen molar-refractivity contribution in [2.45, 2.75) is 0 Å². The third-order valence-corrected chi connectivity index (χ3v) is 1.72. The molecule has 0 amide bonds. The molecule has 0 bridgehead atoms. The number of nitrogens with one attached hydrogen (secondary N) is 1. The fourth-order valence-electron chi connectivity index (χ4n) is 1.02. The van der Waals surface area contributed by atoms with E-state index in [4.69, 9.17) is 16.4 Å². The number of benzene rings is 1. The fourth-order valence-corrected chi connectivity index (χ4v) is 1.02. The van der Waals surface area contributed by atoms with Crippen molar-refractivity contribution in [3.05, 3.63) is 23.8 Å².